The Labute approximate surface area is 265 Å². The van der Waals surface area contributed by atoms with Crippen molar-refractivity contribution in [3.05, 3.63) is 150 Å². The van der Waals surface area contributed by atoms with E-state index in [0.29, 0.717) is 17.7 Å². The second-order valence-corrected chi connectivity index (χ2v) is 11.4. The van der Waals surface area contributed by atoms with E-state index in [1.54, 1.807) is 14.1 Å². The molecular weight excluding hydrogens is 566 g/mol. The van der Waals surface area contributed by atoms with Crippen molar-refractivity contribution in [2.24, 2.45) is 5.73 Å². The molecule has 0 radical (unpaired) electrons. The van der Waals surface area contributed by atoms with Crippen LogP contribution < -0.4 is 11.1 Å². The van der Waals surface area contributed by atoms with E-state index in [4.69, 9.17) is 5.73 Å². The molecule has 4 rings (SSSR count). The first-order valence-electron chi connectivity index (χ1n) is 15.0. The highest BCUT2D eigenvalue weighted by atomic mass is 19.2. The number of carbonyl (C=O) groups is 1. The van der Waals surface area contributed by atoms with Crippen molar-refractivity contribution >= 4 is 11.6 Å². The molecule has 7 heteroatoms. The summed E-state index contributed by atoms with van der Waals surface area (Å²) in [5, 5.41) is 2.72. The zero-order chi connectivity index (χ0) is 32.7. The zero-order valence-corrected chi connectivity index (χ0v) is 26.4. The minimum atomic E-state index is -0.952. The van der Waals surface area contributed by atoms with Crippen LogP contribution in [0.15, 0.2) is 116 Å². The van der Waals surface area contributed by atoms with Gasteiger partial charge in [-0.05, 0) is 64.9 Å². The van der Waals surface area contributed by atoms with Gasteiger partial charge in [-0.15, -0.1) is 0 Å². The molecule has 45 heavy (non-hydrogen) atoms. The molecule has 3 N–H and O–H groups in total. The molecular formula is C38H42F2N4O. The molecule has 234 valence electrons. The van der Waals surface area contributed by atoms with Crippen LogP contribution in [0.25, 0.3) is 16.8 Å². The van der Waals surface area contributed by atoms with E-state index in [0.717, 1.165) is 45.6 Å². The quantitative estimate of drug-likeness (QED) is 0.172. The van der Waals surface area contributed by atoms with Gasteiger partial charge in [-0.3, -0.25) is 4.79 Å². The van der Waals surface area contributed by atoms with Crippen LogP contribution in [-0.2, 0) is 17.6 Å². The lowest BCUT2D eigenvalue weighted by Gasteiger charge is -2.40. The number of benzene rings is 4. The Morgan fingerprint density at radius 3 is 2.02 bits per heavy atom. The number of amides is 1. The van der Waals surface area contributed by atoms with Gasteiger partial charge in [0.05, 0.1) is 6.04 Å². The fraction of sp³-hybridized carbons (Fsp3) is 0.237. The highest BCUT2D eigenvalue weighted by Crippen LogP contribution is 2.29. The molecule has 0 bridgehead atoms. The highest BCUT2D eigenvalue weighted by Gasteiger charge is 2.30. The maximum Gasteiger partial charge on any atom is 0.242 e. The monoisotopic (exact) mass is 608 g/mol. The van der Waals surface area contributed by atoms with E-state index < -0.39 is 17.7 Å². The molecule has 0 aromatic heterocycles. The fourth-order valence-electron chi connectivity index (χ4n) is 5.46. The fourth-order valence-corrected chi connectivity index (χ4v) is 5.46. The summed E-state index contributed by atoms with van der Waals surface area (Å²) >= 11 is 0. The van der Waals surface area contributed by atoms with E-state index in [1.807, 2.05) is 61.3 Å². The molecule has 5 nitrogen and oxygen atoms in total. The Hall–Kier alpha value is -4.75. The maximum absolute atomic E-state index is 14.1. The van der Waals surface area contributed by atoms with E-state index in [1.165, 1.54) is 6.07 Å². The molecule has 4 aromatic rings. The summed E-state index contributed by atoms with van der Waals surface area (Å²) in [6, 6.07) is 29.1. The van der Waals surface area contributed by atoms with Gasteiger partial charge >= 0.3 is 0 Å². The Balaban J connectivity index is 1.68. The third kappa shape index (κ3) is 8.05. The standard InChI is InChI=1S/C38H42F2N4O/c1-25(41)32-13-10-14-33(24-32)26(2)43(5)36(22-28-15-18-31(19-16-28)30-11-8-7-9-12-30)27(3)44(6)37(38(45)42-4)23-29-17-20-34(39)35(40)21-29/h7-21,24-25,36-37H,2-3,22-23,41H2,1,4-6H3,(H,42,45)/t25?,36-,37?/m1/s1. The Morgan fingerprint density at radius 1 is 0.778 bits per heavy atom. The molecule has 1 amide bonds. The number of hydrogen-bond acceptors (Lipinski definition) is 4. The smallest absolute Gasteiger partial charge is 0.242 e. The summed E-state index contributed by atoms with van der Waals surface area (Å²) in [5.74, 6) is -2.15. The summed E-state index contributed by atoms with van der Waals surface area (Å²) < 4.78 is 27.7. The van der Waals surface area contributed by atoms with Crippen LogP contribution >= 0.6 is 0 Å². The van der Waals surface area contributed by atoms with E-state index in [-0.39, 0.29) is 24.4 Å². The number of rotatable bonds is 13. The Morgan fingerprint density at radius 2 is 1.40 bits per heavy atom. The molecule has 0 spiro atoms. The van der Waals surface area contributed by atoms with Crippen LogP contribution in [0.1, 0.15) is 35.2 Å². The van der Waals surface area contributed by atoms with Crippen molar-refractivity contribution in [1.29, 1.82) is 0 Å². The molecule has 0 saturated heterocycles. The number of nitrogens with zero attached hydrogens (tertiary/aromatic N) is 2. The average molecular weight is 609 g/mol. The van der Waals surface area contributed by atoms with Crippen LogP contribution in [0.3, 0.4) is 0 Å². The molecule has 0 aliphatic carbocycles. The molecule has 2 unspecified atom stereocenters. The van der Waals surface area contributed by atoms with Gasteiger partial charge in [0.1, 0.15) is 6.04 Å². The van der Waals surface area contributed by atoms with Gasteiger partial charge in [0.15, 0.2) is 11.6 Å². The van der Waals surface area contributed by atoms with Gasteiger partial charge in [-0.25, -0.2) is 8.78 Å². The first-order chi connectivity index (χ1) is 21.5. The number of nitrogens with one attached hydrogen (secondary N) is 1. The minimum absolute atomic E-state index is 0.132. The Bertz CT molecular complexity index is 1640. The first kappa shape index (κ1) is 33.1. The minimum Gasteiger partial charge on any atom is -0.366 e. The number of halogens is 2. The van der Waals surface area contributed by atoms with Crippen LogP contribution in [-0.4, -0.2) is 48.9 Å². The molecule has 0 aliphatic heterocycles. The van der Waals surface area contributed by atoms with Gasteiger partial charge in [0.25, 0.3) is 0 Å². The van der Waals surface area contributed by atoms with Crippen molar-refractivity contribution in [2.45, 2.75) is 37.9 Å². The van der Waals surface area contributed by atoms with Crippen LogP contribution in [0.4, 0.5) is 8.78 Å². The van der Waals surface area contributed by atoms with Crippen molar-refractivity contribution in [1.82, 2.24) is 15.1 Å². The predicted octanol–water partition coefficient (Wildman–Crippen LogP) is 6.97. The number of likely N-dealkylation sites (N-methyl/N-ethyl adjacent to an activating group) is 3. The molecule has 0 aliphatic rings. The summed E-state index contributed by atoms with van der Waals surface area (Å²) in [6.45, 7) is 10.9. The van der Waals surface area contributed by atoms with E-state index in [2.05, 4.69) is 59.8 Å². The summed E-state index contributed by atoms with van der Waals surface area (Å²) in [4.78, 5) is 17.1. The van der Waals surface area contributed by atoms with Crippen LogP contribution in [0.5, 0.6) is 0 Å². The Kier molecular flexibility index (Phi) is 10.9. The van der Waals surface area contributed by atoms with Gasteiger partial charge in [-0.1, -0.05) is 92.0 Å². The third-order valence-corrected chi connectivity index (χ3v) is 8.40. The average Bonchev–Trinajstić information content (AvgIpc) is 3.06. The number of hydrogen-bond donors (Lipinski definition) is 2. The highest BCUT2D eigenvalue weighted by molar-refractivity contribution is 5.82. The normalized spacial score (nSPS) is 13.0. The van der Waals surface area contributed by atoms with Gasteiger partial charge < -0.3 is 20.9 Å². The van der Waals surface area contributed by atoms with Gasteiger partial charge in [0, 0.05) is 45.0 Å². The molecule has 3 atom stereocenters. The largest absolute Gasteiger partial charge is 0.366 e. The van der Waals surface area contributed by atoms with Crippen LogP contribution in [0, 0.1) is 11.6 Å². The predicted molar refractivity (Wildman–Crippen MR) is 180 cm³/mol. The lowest BCUT2D eigenvalue weighted by molar-refractivity contribution is -0.125. The SMILES string of the molecule is C=C([C@@H](Cc1ccc(-c2ccccc2)cc1)N(C)C(=C)c1cccc(C(C)N)c1)N(C)C(Cc1ccc(F)c(F)c1)C(=O)NC. The topological polar surface area (TPSA) is 61.6 Å². The number of nitrogens with two attached hydrogens (primary N) is 1. The summed E-state index contributed by atoms with van der Waals surface area (Å²) in [6.07, 6.45) is 0.734. The summed E-state index contributed by atoms with van der Waals surface area (Å²) in [5.41, 5.74) is 13.4. The van der Waals surface area contributed by atoms with Gasteiger partial charge in [-0.2, -0.15) is 0 Å². The molecule has 0 saturated carbocycles. The second-order valence-electron chi connectivity index (χ2n) is 11.4. The molecule has 0 heterocycles. The first-order valence-corrected chi connectivity index (χ1v) is 15.0. The lowest BCUT2D eigenvalue weighted by Crippen LogP contribution is -2.49. The summed E-state index contributed by atoms with van der Waals surface area (Å²) in [7, 11) is 5.33. The molecule has 4 aromatic carbocycles. The van der Waals surface area contributed by atoms with E-state index in [9.17, 15) is 13.6 Å². The number of carbonyl (C=O) groups excluding carboxylic acids is 1. The van der Waals surface area contributed by atoms with Crippen molar-refractivity contribution < 1.29 is 13.6 Å². The lowest BCUT2D eigenvalue weighted by atomic mass is 9.96. The van der Waals surface area contributed by atoms with Crippen molar-refractivity contribution in [3.63, 3.8) is 0 Å². The third-order valence-electron chi connectivity index (χ3n) is 8.40. The van der Waals surface area contributed by atoms with Crippen molar-refractivity contribution in [3.8, 4) is 11.1 Å². The zero-order valence-electron chi connectivity index (χ0n) is 26.4. The van der Waals surface area contributed by atoms with Crippen LogP contribution in [0.2, 0.25) is 0 Å². The van der Waals surface area contributed by atoms with Crippen molar-refractivity contribution in [2.75, 3.05) is 21.1 Å². The van der Waals surface area contributed by atoms with Gasteiger partial charge in [0.2, 0.25) is 5.91 Å². The molecule has 0 fully saturated rings. The van der Waals surface area contributed by atoms with E-state index >= 15 is 0 Å². The maximum atomic E-state index is 14.1. The second kappa shape index (κ2) is 14.8.